The van der Waals surface area contributed by atoms with Crippen molar-refractivity contribution in [3.8, 4) is 44.9 Å². The maximum atomic E-state index is 5.22. The molecule has 0 amide bonds. The van der Waals surface area contributed by atoms with E-state index in [1.807, 2.05) is 12.1 Å². The third-order valence-electron chi connectivity index (χ3n) is 6.74. The largest absolute Gasteiger partial charge is 0.226 e. The van der Waals surface area contributed by atoms with Crippen molar-refractivity contribution in [1.29, 1.82) is 0 Å². The summed E-state index contributed by atoms with van der Waals surface area (Å²) < 4.78 is 2.34. The first-order valence-electron chi connectivity index (χ1n) is 12.4. The Hall–Kier alpha value is -4.60. The molecule has 3 heteroatoms. The molecule has 0 saturated carbocycles. The Bertz CT molecular complexity index is 1850. The van der Waals surface area contributed by atoms with Crippen LogP contribution in [0.5, 0.6) is 0 Å². The molecule has 0 spiro atoms. The van der Waals surface area contributed by atoms with Gasteiger partial charge in [0.1, 0.15) is 0 Å². The van der Waals surface area contributed by atoms with Crippen LogP contribution in [0.4, 0.5) is 0 Å². The van der Waals surface area contributed by atoms with E-state index in [9.17, 15) is 0 Å². The van der Waals surface area contributed by atoms with Crippen LogP contribution >= 0.6 is 11.3 Å². The normalized spacial score (nSPS) is 11.2. The zero-order chi connectivity index (χ0) is 24.6. The molecule has 2 heterocycles. The van der Waals surface area contributed by atoms with Crippen LogP contribution in [0.25, 0.3) is 65.2 Å². The van der Waals surface area contributed by atoms with Crippen molar-refractivity contribution < 1.29 is 0 Å². The maximum Gasteiger partial charge on any atom is 0.161 e. The number of fused-ring (bicyclic) bond motifs is 3. The summed E-state index contributed by atoms with van der Waals surface area (Å²) in [5.41, 5.74) is 8.81. The molecule has 7 aromatic rings. The number of hydrogen-bond donors (Lipinski definition) is 0. The summed E-state index contributed by atoms with van der Waals surface area (Å²) in [6, 6.07) is 46.6. The lowest BCUT2D eigenvalue weighted by Crippen LogP contribution is -1.95. The van der Waals surface area contributed by atoms with Gasteiger partial charge in [-0.3, -0.25) is 0 Å². The molecule has 5 aromatic carbocycles. The fourth-order valence-corrected chi connectivity index (χ4v) is 6.06. The molecule has 174 valence electrons. The van der Waals surface area contributed by atoms with Crippen molar-refractivity contribution in [3.05, 3.63) is 133 Å². The minimum absolute atomic E-state index is 0.748. The summed E-state index contributed by atoms with van der Waals surface area (Å²) >= 11 is 1.76. The van der Waals surface area contributed by atoms with Crippen molar-refractivity contribution in [3.63, 3.8) is 0 Å². The van der Waals surface area contributed by atoms with E-state index in [0.717, 1.165) is 44.0 Å². The molecule has 0 atom stereocenters. The van der Waals surface area contributed by atoms with Crippen LogP contribution < -0.4 is 0 Å². The standard InChI is InChI=1S/C34H22N2S/c1-3-11-23(12-4-1)24-19-21-26(22-20-24)31-33-32(29-17-9-10-18-30(29)37-33)36-34(35-31)28-16-8-7-15-27(28)25-13-5-2-6-14-25/h1-22H. The van der Waals surface area contributed by atoms with Gasteiger partial charge in [-0.05, 0) is 28.3 Å². The molecule has 0 aliphatic heterocycles. The molecule has 0 unspecified atom stereocenters. The van der Waals surface area contributed by atoms with E-state index in [4.69, 9.17) is 9.97 Å². The molecule has 2 nitrogen and oxygen atoms in total. The third kappa shape index (κ3) is 3.90. The lowest BCUT2D eigenvalue weighted by Gasteiger charge is -2.12. The van der Waals surface area contributed by atoms with E-state index in [1.165, 1.54) is 21.2 Å². The lowest BCUT2D eigenvalue weighted by molar-refractivity contribution is 1.24. The summed E-state index contributed by atoms with van der Waals surface area (Å²) in [4.78, 5) is 10.4. The number of thiophene rings is 1. The second kappa shape index (κ2) is 9.12. The quantitative estimate of drug-likeness (QED) is 0.245. The molecule has 0 N–H and O–H groups in total. The van der Waals surface area contributed by atoms with Crippen LogP contribution in [0, 0.1) is 0 Å². The van der Waals surface area contributed by atoms with Gasteiger partial charge in [0.15, 0.2) is 5.82 Å². The second-order valence-corrected chi connectivity index (χ2v) is 10.1. The summed E-state index contributed by atoms with van der Waals surface area (Å²) in [6.45, 7) is 0. The Morgan fingerprint density at radius 1 is 0.432 bits per heavy atom. The van der Waals surface area contributed by atoms with Crippen LogP contribution in [-0.2, 0) is 0 Å². The van der Waals surface area contributed by atoms with Gasteiger partial charge in [0, 0.05) is 21.2 Å². The average Bonchev–Trinajstić information content (AvgIpc) is 3.36. The smallest absolute Gasteiger partial charge is 0.161 e. The molecule has 0 aliphatic carbocycles. The van der Waals surface area contributed by atoms with Crippen molar-refractivity contribution in [1.82, 2.24) is 9.97 Å². The van der Waals surface area contributed by atoms with Gasteiger partial charge in [-0.2, -0.15) is 0 Å². The molecule has 0 saturated heterocycles. The molecule has 37 heavy (non-hydrogen) atoms. The molecule has 7 rings (SSSR count). The van der Waals surface area contributed by atoms with Crippen LogP contribution in [0.1, 0.15) is 0 Å². The van der Waals surface area contributed by atoms with Gasteiger partial charge in [-0.1, -0.05) is 127 Å². The van der Waals surface area contributed by atoms with Crippen molar-refractivity contribution in [2.75, 3.05) is 0 Å². The minimum atomic E-state index is 0.748. The summed E-state index contributed by atoms with van der Waals surface area (Å²) in [7, 11) is 0. The molecule has 0 fully saturated rings. The first-order valence-corrected chi connectivity index (χ1v) is 13.2. The highest BCUT2D eigenvalue weighted by Crippen LogP contribution is 2.40. The summed E-state index contributed by atoms with van der Waals surface area (Å²) in [6.07, 6.45) is 0. The molecule has 0 bridgehead atoms. The van der Waals surface area contributed by atoms with Crippen LogP contribution in [0.2, 0.25) is 0 Å². The van der Waals surface area contributed by atoms with Gasteiger partial charge in [0.2, 0.25) is 0 Å². The first kappa shape index (κ1) is 21.7. The molecular weight excluding hydrogens is 468 g/mol. The Labute approximate surface area is 219 Å². The van der Waals surface area contributed by atoms with Gasteiger partial charge in [-0.25, -0.2) is 9.97 Å². The Balaban J connectivity index is 1.46. The van der Waals surface area contributed by atoms with E-state index >= 15 is 0 Å². The monoisotopic (exact) mass is 490 g/mol. The fourth-order valence-electron chi connectivity index (χ4n) is 4.91. The zero-order valence-electron chi connectivity index (χ0n) is 20.0. The van der Waals surface area contributed by atoms with Gasteiger partial charge < -0.3 is 0 Å². The first-order chi connectivity index (χ1) is 18.3. The van der Waals surface area contributed by atoms with E-state index in [2.05, 4.69) is 121 Å². The number of rotatable bonds is 4. The lowest BCUT2D eigenvalue weighted by atomic mass is 9.98. The second-order valence-electron chi connectivity index (χ2n) is 9.03. The van der Waals surface area contributed by atoms with Crippen molar-refractivity contribution >= 4 is 31.6 Å². The van der Waals surface area contributed by atoms with Gasteiger partial charge in [-0.15, -0.1) is 11.3 Å². The summed E-state index contributed by atoms with van der Waals surface area (Å²) in [5.74, 6) is 0.748. The number of nitrogens with zero attached hydrogens (tertiary/aromatic N) is 2. The van der Waals surface area contributed by atoms with Gasteiger partial charge >= 0.3 is 0 Å². The van der Waals surface area contributed by atoms with Gasteiger partial charge in [0.05, 0.1) is 15.9 Å². The topological polar surface area (TPSA) is 25.8 Å². The highest BCUT2D eigenvalue weighted by atomic mass is 32.1. The van der Waals surface area contributed by atoms with Gasteiger partial charge in [0.25, 0.3) is 0 Å². The number of aromatic nitrogens is 2. The Morgan fingerprint density at radius 3 is 1.76 bits per heavy atom. The Morgan fingerprint density at radius 2 is 1.00 bits per heavy atom. The van der Waals surface area contributed by atoms with Crippen molar-refractivity contribution in [2.24, 2.45) is 0 Å². The van der Waals surface area contributed by atoms with Crippen LogP contribution in [0.3, 0.4) is 0 Å². The fraction of sp³-hybridized carbons (Fsp3) is 0. The molecular formula is C34H22N2S. The van der Waals surface area contributed by atoms with Crippen molar-refractivity contribution in [2.45, 2.75) is 0 Å². The number of benzene rings is 5. The van der Waals surface area contributed by atoms with E-state index in [0.29, 0.717) is 0 Å². The third-order valence-corrected chi connectivity index (χ3v) is 7.90. The van der Waals surface area contributed by atoms with E-state index in [-0.39, 0.29) is 0 Å². The highest BCUT2D eigenvalue weighted by Gasteiger charge is 2.18. The molecule has 0 radical (unpaired) electrons. The van der Waals surface area contributed by atoms with E-state index in [1.54, 1.807) is 11.3 Å². The maximum absolute atomic E-state index is 5.22. The SMILES string of the molecule is c1ccc(-c2ccc(-c3nc(-c4ccccc4-c4ccccc4)nc4c3sc3ccccc34)cc2)cc1. The average molecular weight is 491 g/mol. The summed E-state index contributed by atoms with van der Waals surface area (Å²) in [5, 5.41) is 1.17. The zero-order valence-corrected chi connectivity index (χ0v) is 20.8. The van der Waals surface area contributed by atoms with Crippen LogP contribution in [0.15, 0.2) is 133 Å². The highest BCUT2D eigenvalue weighted by molar-refractivity contribution is 7.26. The number of hydrogen-bond acceptors (Lipinski definition) is 3. The predicted molar refractivity (Wildman–Crippen MR) is 157 cm³/mol. The Kier molecular flexibility index (Phi) is 5.34. The minimum Gasteiger partial charge on any atom is -0.226 e. The molecule has 2 aromatic heterocycles. The molecule has 0 aliphatic rings. The van der Waals surface area contributed by atoms with E-state index < -0.39 is 0 Å². The van der Waals surface area contributed by atoms with Crippen LogP contribution in [-0.4, -0.2) is 9.97 Å². The predicted octanol–water partition coefficient (Wildman–Crippen LogP) is 9.51.